The quantitative estimate of drug-likeness (QED) is 0.187. The van der Waals surface area contributed by atoms with Crippen molar-refractivity contribution < 1.29 is 0 Å². The number of fused-ring (bicyclic) bond motifs is 9. The lowest BCUT2D eigenvalue weighted by molar-refractivity contribution is 1.01. The Bertz CT molecular complexity index is 3090. The first-order valence-corrected chi connectivity index (χ1v) is 18.0. The first-order valence-electron chi connectivity index (χ1n) is 17.2. The number of thiophene rings is 1. The summed E-state index contributed by atoms with van der Waals surface area (Å²) in [7, 11) is 0. The fourth-order valence-electron chi connectivity index (χ4n) is 7.92. The summed E-state index contributed by atoms with van der Waals surface area (Å²) in [6.45, 7) is 0. The van der Waals surface area contributed by atoms with Crippen molar-refractivity contribution in [1.82, 2.24) is 19.1 Å². The molecule has 4 nitrogen and oxygen atoms in total. The van der Waals surface area contributed by atoms with Gasteiger partial charge in [-0.15, -0.1) is 11.3 Å². The summed E-state index contributed by atoms with van der Waals surface area (Å²) in [5.41, 5.74) is 11.5. The van der Waals surface area contributed by atoms with Gasteiger partial charge in [0.25, 0.3) is 0 Å². The first-order chi connectivity index (χ1) is 25.3. The van der Waals surface area contributed by atoms with Crippen LogP contribution in [0.1, 0.15) is 0 Å². The van der Waals surface area contributed by atoms with E-state index < -0.39 is 0 Å². The summed E-state index contributed by atoms with van der Waals surface area (Å²) in [4.78, 5) is 10.3. The zero-order chi connectivity index (χ0) is 33.5. The molecule has 0 amide bonds. The predicted octanol–water partition coefficient (Wildman–Crippen LogP) is 12.4. The summed E-state index contributed by atoms with van der Waals surface area (Å²) in [6, 6.07) is 58.7. The van der Waals surface area contributed by atoms with Gasteiger partial charge in [-0.2, -0.15) is 0 Å². The highest BCUT2D eigenvalue weighted by molar-refractivity contribution is 7.25. The Morgan fingerprint density at radius 1 is 0.412 bits per heavy atom. The Hall–Kier alpha value is -6.56. The number of para-hydroxylation sites is 4. The van der Waals surface area contributed by atoms with Gasteiger partial charge >= 0.3 is 0 Å². The molecule has 5 heteroatoms. The molecule has 51 heavy (non-hydrogen) atoms. The molecule has 0 saturated carbocycles. The molecule has 0 aliphatic rings. The minimum atomic E-state index is 0.678. The van der Waals surface area contributed by atoms with Gasteiger partial charge in [0, 0.05) is 37.2 Å². The smallest absolute Gasteiger partial charge is 0.235 e. The molecule has 0 saturated heterocycles. The van der Waals surface area contributed by atoms with Gasteiger partial charge in [0.15, 0.2) is 0 Å². The highest BCUT2D eigenvalue weighted by Crippen LogP contribution is 2.40. The molecule has 0 bridgehead atoms. The van der Waals surface area contributed by atoms with E-state index in [2.05, 4.69) is 173 Å². The van der Waals surface area contributed by atoms with E-state index in [0.717, 1.165) is 37.9 Å². The molecule has 4 heterocycles. The van der Waals surface area contributed by atoms with Gasteiger partial charge in [-0.05, 0) is 65.2 Å². The number of nitrogens with zero attached hydrogens (tertiary/aromatic N) is 4. The van der Waals surface area contributed by atoms with E-state index in [9.17, 15) is 0 Å². The van der Waals surface area contributed by atoms with E-state index >= 15 is 0 Å². The molecule has 238 valence electrons. The standard InChI is InChI=1S/C46H28N4S/c1-2-12-29(13-3-1)30-22-24-42-36(26-30)35-17-7-11-21-41(35)50(42)46-47-28-44-45(48-46)37-27-31(23-25-43(37)51-44)32-14-4-8-18-38(32)49-39-19-9-5-15-33(39)34-16-6-10-20-40(34)49/h1-28H. The second-order valence-electron chi connectivity index (χ2n) is 13.0. The van der Waals surface area contributed by atoms with Gasteiger partial charge in [0.1, 0.15) is 0 Å². The van der Waals surface area contributed by atoms with Crippen LogP contribution < -0.4 is 0 Å². The van der Waals surface area contributed by atoms with Gasteiger partial charge in [-0.1, -0.05) is 115 Å². The van der Waals surface area contributed by atoms with Crippen LogP contribution in [-0.4, -0.2) is 19.1 Å². The molecule has 0 atom stereocenters. The molecule has 0 unspecified atom stereocenters. The van der Waals surface area contributed by atoms with Crippen molar-refractivity contribution in [2.75, 3.05) is 0 Å². The molecule has 0 radical (unpaired) electrons. The van der Waals surface area contributed by atoms with Gasteiger partial charge in [0.2, 0.25) is 5.95 Å². The molecule has 4 aromatic heterocycles. The van der Waals surface area contributed by atoms with Crippen molar-refractivity contribution in [3.05, 3.63) is 170 Å². The SMILES string of the molecule is c1ccc(-c2ccc3c(c2)c2ccccc2n3-c2ncc3sc4ccc(-c5ccccc5-n5c6ccccc6c6ccccc65)cc4c3n2)cc1. The van der Waals surface area contributed by atoms with E-state index in [4.69, 9.17) is 9.97 Å². The summed E-state index contributed by atoms with van der Waals surface area (Å²) in [5, 5.41) is 6.03. The Morgan fingerprint density at radius 3 is 1.76 bits per heavy atom. The van der Waals surface area contributed by atoms with Crippen LogP contribution in [0.25, 0.3) is 97.8 Å². The van der Waals surface area contributed by atoms with Crippen LogP contribution in [0.3, 0.4) is 0 Å². The zero-order valence-corrected chi connectivity index (χ0v) is 28.2. The second kappa shape index (κ2) is 11.0. The normalized spacial score (nSPS) is 11.9. The van der Waals surface area contributed by atoms with Crippen molar-refractivity contribution in [3.8, 4) is 33.9 Å². The lowest BCUT2D eigenvalue weighted by atomic mass is 10.0. The predicted molar refractivity (Wildman–Crippen MR) is 214 cm³/mol. The summed E-state index contributed by atoms with van der Waals surface area (Å²) >= 11 is 1.74. The third-order valence-corrected chi connectivity index (χ3v) is 11.3. The van der Waals surface area contributed by atoms with Crippen LogP contribution in [0.4, 0.5) is 0 Å². The molecule has 11 rings (SSSR count). The lowest BCUT2D eigenvalue weighted by Crippen LogP contribution is -2.00. The number of aromatic nitrogens is 4. The Balaban J connectivity index is 1.10. The van der Waals surface area contributed by atoms with E-state index in [1.807, 2.05) is 6.20 Å². The molecule has 7 aromatic carbocycles. The Kier molecular flexibility index (Phi) is 6.09. The fourth-order valence-corrected chi connectivity index (χ4v) is 8.92. The highest BCUT2D eigenvalue weighted by atomic mass is 32.1. The van der Waals surface area contributed by atoms with Gasteiger partial charge in [-0.25, -0.2) is 9.97 Å². The summed E-state index contributed by atoms with van der Waals surface area (Å²) < 4.78 is 6.89. The molecule has 0 spiro atoms. The minimum absolute atomic E-state index is 0.678. The van der Waals surface area contributed by atoms with E-state index in [-0.39, 0.29) is 0 Å². The molecule has 0 aliphatic heterocycles. The van der Waals surface area contributed by atoms with Crippen LogP contribution in [-0.2, 0) is 0 Å². The van der Waals surface area contributed by atoms with Gasteiger partial charge in [-0.3, -0.25) is 4.57 Å². The molecule has 11 aromatic rings. The summed E-state index contributed by atoms with van der Waals surface area (Å²) in [5.74, 6) is 0.678. The molecule has 0 N–H and O–H groups in total. The molecule has 0 aliphatic carbocycles. The van der Waals surface area contributed by atoms with Crippen molar-refractivity contribution >= 4 is 75.3 Å². The number of hydrogen-bond acceptors (Lipinski definition) is 3. The highest BCUT2D eigenvalue weighted by Gasteiger charge is 2.19. The second-order valence-corrected chi connectivity index (χ2v) is 14.1. The number of hydrogen-bond donors (Lipinski definition) is 0. The number of benzene rings is 7. The topological polar surface area (TPSA) is 35.6 Å². The molecular formula is C46H28N4S. The monoisotopic (exact) mass is 668 g/mol. The maximum atomic E-state index is 5.33. The average molecular weight is 669 g/mol. The average Bonchev–Trinajstić information content (AvgIpc) is 3.85. The fraction of sp³-hybridized carbons (Fsp3) is 0. The third kappa shape index (κ3) is 4.25. The maximum absolute atomic E-state index is 5.33. The van der Waals surface area contributed by atoms with Gasteiger partial charge < -0.3 is 4.57 Å². The van der Waals surface area contributed by atoms with Crippen molar-refractivity contribution in [1.29, 1.82) is 0 Å². The summed E-state index contributed by atoms with van der Waals surface area (Å²) in [6.07, 6.45) is 1.99. The number of rotatable bonds is 4. The zero-order valence-electron chi connectivity index (χ0n) is 27.4. The lowest BCUT2D eigenvalue weighted by Gasteiger charge is -2.14. The van der Waals surface area contributed by atoms with E-state index in [0.29, 0.717) is 5.95 Å². The van der Waals surface area contributed by atoms with Crippen LogP contribution in [0.2, 0.25) is 0 Å². The minimum Gasteiger partial charge on any atom is -0.309 e. The van der Waals surface area contributed by atoms with Crippen molar-refractivity contribution in [2.45, 2.75) is 0 Å². The van der Waals surface area contributed by atoms with E-state index in [1.165, 1.54) is 54.0 Å². The van der Waals surface area contributed by atoms with Crippen molar-refractivity contribution in [2.24, 2.45) is 0 Å². The van der Waals surface area contributed by atoms with Crippen LogP contribution >= 0.6 is 11.3 Å². The van der Waals surface area contributed by atoms with Crippen LogP contribution in [0.5, 0.6) is 0 Å². The van der Waals surface area contributed by atoms with Gasteiger partial charge in [0.05, 0.1) is 44.2 Å². The van der Waals surface area contributed by atoms with Crippen LogP contribution in [0.15, 0.2) is 170 Å². The Morgan fingerprint density at radius 2 is 1.00 bits per heavy atom. The first kappa shape index (κ1) is 28.3. The van der Waals surface area contributed by atoms with Crippen LogP contribution in [0, 0.1) is 0 Å². The molecular weight excluding hydrogens is 641 g/mol. The Labute approximate surface area is 297 Å². The van der Waals surface area contributed by atoms with E-state index in [1.54, 1.807) is 11.3 Å². The maximum Gasteiger partial charge on any atom is 0.235 e. The third-order valence-electron chi connectivity index (χ3n) is 10.2. The van der Waals surface area contributed by atoms with Crippen molar-refractivity contribution in [3.63, 3.8) is 0 Å². The molecule has 0 fully saturated rings. The largest absolute Gasteiger partial charge is 0.309 e.